The SMILES string of the molecule is C=C.Cc1ccc(-c2cc(C)c(C)c(C)c2)cc1.Cc1ccccc1-c1ccccc1C. The van der Waals surface area contributed by atoms with E-state index in [1.807, 2.05) is 0 Å². The summed E-state index contributed by atoms with van der Waals surface area (Å²) in [5.74, 6) is 0. The summed E-state index contributed by atoms with van der Waals surface area (Å²) in [7, 11) is 0. The Morgan fingerprint density at radius 2 is 0.844 bits per heavy atom. The summed E-state index contributed by atoms with van der Waals surface area (Å²) >= 11 is 0. The van der Waals surface area contributed by atoms with E-state index in [1.54, 1.807) is 0 Å². The fourth-order valence-electron chi connectivity index (χ4n) is 3.70. The molecule has 0 aliphatic carbocycles. The second-order valence-corrected chi connectivity index (χ2v) is 8.23. The first-order valence-corrected chi connectivity index (χ1v) is 11.1. The van der Waals surface area contributed by atoms with E-state index in [0.29, 0.717) is 0 Å². The molecule has 0 radical (unpaired) electrons. The third kappa shape index (κ3) is 6.31. The van der Waals surface area contributed by atoms with Crippen molar-refractivity contribution in [3.8, 4) is 22.3 Å². The van der Waals surface area contributed by atoms with Gasteiger partial charge in [0.05, 0.1) is 0 Å². The Kier molecular flexibility index (Phi) is 9.22. The van der Waals surface area contributed by atoms with Crippen LogP contribution in [0.5, 0.6) is 0 Å². The maximum absolute atomic E-state index is 3.00. The van der Waals surface area contributed by atoms with Crippen molar-refractivity contribution in [2.75, 3.05) is 0 Å². The molecule has 4 aromatic rings. The smallest absolute Gasteiger partial charge is 0.0152 e. The Hall–Kier alpha value is -3.38. The zero-order valence-corrected chi connectivity index (χ0v) is 20.5. The third-order valence-electron chi connectivity index (χ3n) is 5.89. The average Bonchev–Trinajstić information content (AvgIpc) is 2.80. The van der Waals surface area contributed by atoms with Crippen LogP contribution in [0.15, 0.2) is 98.1 Å². The van der Waals surface area contributed by atoms with Gasteiger partial charge in [-0.2, -0.15) is 0 Å². The van der Waals surface area contributed by atoms with Crippen LogP contribution >= 0.6 is 0 Å². The lowest BCUT2D eigenvalue weighted by molar-refractivity contribution is 1.27. The Balaban J connectivity index is 0.000000212. The van der Waals surface area contributed by atoms with Gasteiger partial charge in [-0.05, 0) is 91.6 Å². The Labute approximate surface area is 195 Å². The number of hydrogen-bond acceptors (Lipinski definition) is 0. The summed E-state index contributed by atoms with van der Waals surface area (Å²) in [4.78, 5) is 0. The summed E-state index contributed by atoms with van der Waals surface area (Å²) in [5, 5.41) is 0. The highest BCUT2D eigenvalue weighted by molar-refractivity contribution is 5.70. The monoisotopic (exact) mass is 420 g/mol. The minimum Gasteiger partial charge on any atom is -0.106 e. The number of rotatable bonds is 2. The van der Waals surface area contributed by atoms with E-state index in [4.69, 9.17) is 0 Å². The predicted octanol–water partition coefficient (Wildman–Crippen LogP) is 9.36. The van der Waals surface area contributed by atoms with Crippen LogP contribution in [0.3, 0.4) is 0 Å². The molecule has 0 spiro atoms. The van der Waals surface area contributed by atoms with Gasteiger partial charge in [0, 0.05) is 0 Å². The lowest BCUT2D eigenvalue weighted by atomic mass is 9.96. The summed E-state index contributed by atoms with van der Waals surface area (Å²) in [6, 6.07) is 30.3. The third-order valence-corrected chi connectivity index (χ3v) is 5.89. The van der Waals surface area contributed by atoms with Crippen molar-refractivity contribution in [1.82, 2.24) is 0 Å². The predicted molar refractivity (Wildman–Crippen MR) is 143 cm³/mol. The van der Waals surface area contributed by atoms with E-state index in [0.717, 1.165) is 0 Å². The van der Waals surface area contributed by atoms with Crippen LogP contribution in [-0.4, -0.2) is 0 Å². The number of benzene rings is 4. The minimum absolute atomic E-state index is 1.30. The molecule has 0 aliphatic heterocycles. The van der Waals surface area contributed by atoms with E-state index in [2.05, 4.69) is 140 Å². The highest BCUT2D eigenvalue weighted by Crippen LogP contribution is 2.26. The van der Waals surface area contributed by atoms with Gasteiger partial charge in [0.15, 0.2) is 0 Å². The van der Waals surface area contributed by atoms with Gasteiger partial charge >= 0.3 is 0 Å². The molecule has 4 aromatic carbocycles. The fourth-order valence-corrected chi connectivity index (χ4v) is 3.70. The van der Waals surface area contributed by atoms with Crippen LogP contribution in [0.1, 0.15) is 33.4 Å². The zero-order valence-electron chi connectivity index (χ0n) is 20.5. The molecule has 4 rings (SSSR count). The molecule has 0 N–H and O–H groups in total. The highest BCUT2D eigenvalue weighted by Gasteiger charge is 2.03. The van der Waals surface area contributed by atoms with Crippen LogP contribution < -0.4 is 0 Å². The summed E-state index contributed by atoms with van der Waals surface area (Å²) in [5.41, 5.74) is 13.4. The van der Waals surface area contributed by atoms with Crippen molar-refractivity contribution in [3.05, 3.63) is 131 Å². The molecule has 0 aliphatic rings. The van der Waals surface area contributed by atoms with Crippen molar-refractivity contribution in [1.29, 1.82) is 0 Å². The van der Waals surface area contributed by atoms with Crippen molar-refractivity contribution in [2.24, 2.45) is 0 Å². The van der Waals surface area contributed by atoms with Crippen molar-refractivity contribution in [2.45, 2.75) is 41.5 Å². The molecular weight excluding hydrogens is 384 g/mol. The van der Waals surface area contributed by atoms with Crippen molar-refractivity contribution < 1.29 is 0 Å². The van der Waals surface area contributed by atoms with Crippen LogP contribution in [-0.2, 0) is 0 Å². The molecule has 0 fully saturated rings. The van der Waals surface area contributed by atoms with Crippen LogP contribution in [0.25, 0.3) is 22.3 Å². The fraction of sp³-hybridized carbons (Fsp3) is 0.188. The molecule has 0 unspecified atom stereocenters. The molecule has 0 heterocycles. The van der Waals surface area contributed by atoms with E-state index in [-0.39, 0.29) is 0 Å². The molecule has 0 atom stereocenters. The molecular formula is C32H36. The Morgan fingerprint density at radius 3 is 1.25 bits per heavy atom. The molecule has 164 valence electrons. The van der Waals surface area contributed by atoms with E-state index >= 15 is 0 Å². The lowest BCUT2D eigenvalue weighted by Gasteiger charge is -2.09. The van der Waals surface area contributed by atoms with Crippen molar-refractivity contribution in [3.63, 3.8) is 0 Å². The van der Waals surface area contributed by atoms with E-state index in [1.165, 1.54) is 55.6 Å². The Bertz CT molecular complexity index is 1080. The van der Waals surface area contributed by atoms with Crippen LogP contribution in [0, 0.1) is 41.5 Å². The van der Waals surface area contributed by atoms with Crippen LogP contribution in [0.4, 0.5) is 0 Å². The largest absolute Gasteiger partial charge is 0.106 e. The van der Waals surface area contributed by atoms with Crippen molar-refractivity contribution >= 4 is 0 Å². The van der Waals surface area contributed by atoms with E-state index < -0.39 is 0 Å². The second kappa shape index (κ2) is 11.9. The van der Waals surface area contributed by atoms with Crippen LogP contribution in [0.2, 0.25) is 0 Å². The first-order chi connectivity index (χ1) is 15.4. The Morgan fingerprint density at radius 1 is 0.438 bits per heavy atom. The maximum Gasteiger partial charge on any atom is -0.0152 e. The molecule has 0 aromatic heterocycles. The average molecular weight is 421 g/mol. The van der Waals surface area contributed by atoms with E-state index in [9.17, 15) is 0 Å². The van der Waals surface area contributed by atoms with Gasteiger partial charge in [0.25, 0.3) is 0 Å². The van der Waals surface area contributed by atoms with Gasteiger partial charge in [-0.3, -0.25) is 0 Å². The second-order valence-electron chi connectivity index (χ2n) is 8.23. The maximum atomic E-state index is 3.00. The molecule has 0 bridgehead atoms. The lowest BCUT2D eigenvalue weighted by Crippen LogP contribution is -1.88. The molecule has 0 nitrogen and oxygen atoms in total. The van der Waals surface area contributed by atoms with Gasteiger partial charge in [-0.1, -0.05) is 90.5 Å². The molecule has 0 saturated carbocycles. The van der Waals surface area contributed by atoms with Gasteiger partial charge in [-0.25, -0.2) is 0 Å². The zero-order chi connectivity index (χ0) is 23.7. The molecule has 0 heteroatoms. The first kappa shape index (κ1) is 24.9. The quantitative estimate of drug-likeness (QED) is 0.283. The summed E-state index contributed by atoms with van der Waals surface area (Å²) < 4.78 is 0. The summed E-state index contributed by atoms with van der Waals surface area (Å²) in [6.07, 6.45) is 0. The standard InChI is InChI=1S/C16H18.C14H14.C2H4/c1-11-5-7-15(8-6-11)16-9-12(2)14(4)13(3)10-16;1-11-7-3-5-9-13(11)14-10-6-4-8-12(14)2;1-2/h5-10H,1-4H3;3-10H,1-2H3;1-2H2. The molecule has 0 amide bonds. The highest BCUT2D eigenvalue weighted by atomic mass is 14.1. The summed E-state index contributed by atoms with van der Waals surface area (Å²) in [6.45, 7) is 19.0. The topological polar surface area (TPSA) is 0 Å². The van der Waals surface area contributed by atoms with Gasteiger partial charge in [-0.15, -0.1) is 13.2 Å². The normalized spacial score (nSPS) is 9.81. The minimum atomic E-state index is 1.30. The van der Waals surface area contributed by atoms with Gasteiger partial charge in [0.2, 0.25) is 0 Å². The number of aryl methyl sites for hydroxylation is 5. The number of hydrogen-bond donors (Lipinski definition) is 0. The molecule has 32 heavy (non-hydrogen) atoms. The first-order valence-electron chi connectivity index (χ1n) is 11.1. The van der Waals surface area contributed by atoms with Gasteiger partial charge < -0.3 is 0 Å². The van der Waals surface area contributed by atoms with Gasteiger partial charge in [0.1, 0.15) is 0 Å². The molecule has 0 saturated heterocycles.